The quantitative estimate of drug-likeness (QED) is 0.656. The molecule has 2 aliphatic carbocycles. The fraction of sp³-hybridized carbons (Fsp3) is 0.429. The summed E-state index contributed by atoms with van der Waals surface area (Å²) in [4.78, 5) is 25.6. The van der Waals surface area contributed by atoms with Crippen molar-refractivity contribution in [1.82, 2.24) is 4.31 Å². The summed E-state index contributed by atoms with van der Waals surface area (Å²) >= 11 is 12.6. The molecule has 1 aromatic carbocycles. The average Bonchev–Trinajstić information content (AvgIpc) is 2.68. The molecule has 30 heavy (non-hydrogen) atoms. The molecule has 0 spiro atoms. The first-order valence-electron chi connectivity index (χ1n) is 9.74. The topological polar surface area (TPSA) is 80.8 Å². The molecule has 0 N–H and O–H groups in total. The molecule has 1 aliphatic heterocycles. The third-order valence-corrected chi connectivity index (χ3v) is 8.50. The van der Waals surface area contributed by atoms with Crippen molar-refractivity contribution in [3.05, 3.63) is 50.4 Å². The molecule has 3 aliphatic rings. The van der Waals surface area contributed by atoms with Crippen LogP contribution in [-0.4, -0.2) is 38.4 Å². The third kappa shape index (κ3) is 3.42. The lowest BCUT2D eigenvalue weighted by atomic mass is 9.73. The van der Waals surface area contributed by atoms with Gasteiger partial charge in [-0.15, -0.1) is 0 Å². The minimum atomic E-state index is -3.89. The molecule has 0 fully saturated rings. The van der Waals surface area contributed by atoms with Crippen molar-refractivity contribution in [1.29, 1.82) is 0 Å². The molecular weight excluding hydrogens is 449 g/mol. The Hall–Kier alpha value is -1.67. The molecule has 0 aromatic heterocycles. The number of hydrogen-bond donors (Lipinski definition) is 0. The van der Waals surface area contributed by atoms with Crippen LogP contribution in [0, 0.1) is 0 Å². The molecule has 1 heterocycles. The van der Waals surface area contributed by atoms with Crippen molar-refractivity contribution in [3.63, 3.8) is 0 Å². The second kappa shape index (κ2) is 7.79. The van der Waals surface area contributed by atoms with E-state index in [4.69, 9.17) is 27.9 Å². The lowest BCUT2D eigenvalue weighted by Crippen LogP contribution is -2.30. The van der Waals surface area contributed by atoms with Gasteiger partial charge in [-0.1, -0.05) is 23.2 Å². The summed E-state index contributed by atoms with van der Waals surface area (Å²) in [7, 11) is -1.09. The van der Waals surface area contributed by atoms with Gasteiger partial charge >= 0.3 is 0 Å². The number of allylic oxidation sites excluding steroid dienone is 4. The van der Waals surface area contributed by atoms with Gasteiger partial charge < -0.3 is 4.74 Å². The number of halogens is 2. The second-order valence-corrected chi connectivity index (χ2v) is 10.8. The number of sulfonamides is 1. The molecular formula is C21H21Cl2NO5S. The van der Waals surface area contributed by atoms with Gasteiger partial charge in [-0.25, -0.2) is 12.7 Å². The minimum Gasteiger partial charge on any atom is -0.465 e. The normalized spacial score (nSPS) is 20.4. The van der Waals surface area contributed by atoms with Crippen LogP contribution in [0.2, 0.25) is 10.0 Å². The molecule has 9 heteroatoms. The van der Waals surface area contributed by atoms with Gasteiger partial charge in [0.25, 0.3) is 0 Å². The molecule has 0 saturated carbocycles. The lowest BCUT2D eigenvalue weighted by Gasteiger charge is -2.36. The predicted octanol–water partition coefficient (Wildman–Crippen LogP) is 4.37. The Kier molecular flexibility index (Phi) is 5.60. The third-order valence-electron chi connectivity index (χ3n) is 5.75. The smallest absolute Gasteiger partial charge is 0.244 e. The molecule has 1 aromatic rings. The Labute approximate surface area is 185 Å². The molecule has 0 unspecified atom stereocenters. The molecule has 6 nitrogen and oxygen atoms in total. The van der Waals surface area contributed by atoms with E-state index in [1.165, 1.54) is 20.2 Å². The van der Waals surface area contributed by atoms with Crippen LogP contribution >= 0.6 is 23.2 Å². The number of rotatable bonds is 3. The zero-order valence-corrected chi connectivity index (χ0v) is 19.0. The van der Waals surface area contributed by atoms with E-state index in [-0.39, 0.29) is 26.5 Å². The monoisotopic (exact) mass is 469 g/mol. The van der Waals surface area contributed by atoms with Crippen LogP contribution in [0.25, 0.3) is 0 Å². The number of ketones is 2. The standard InChI is InChI=1S/C21H21Cl2NO5S/c1-24(2)30(27,28)17-10-11(9-12(22)21(17)23)18-19-13(25)5-3-7-15(19)29-16-8-4-6-14(26)20(16)18/h9-10,18H,3-8H2,1-2H3. The van der Waals surface area contributed by atoms with Crippen molar-refractivity contribution in [2.75, 3.05) is 14.1 Å². The number of benzene rings is 1. The Morgan fingerprint density at radius 1 is 0.933 bits per heavy atom. The van der Waals surface area contributed by atoms with Crippen LogP contribution in [0.3, 0.4) is 0 Å². The van der Waals surface area contributed by atoms with Crippen molar-refractivity contribution >= 4 is 44.8 Å². The number of carbonyl (C=O) groups is 2. The largest absolute Gasteiger partial charge is 0.465 e. The Bertz CT molecular complexity index is 1090. The summed E-state index contributed by atoms with van der Waals surface area (Å²) in [6.07, 6.45) is 3.30. The van der Waals surface area contributed by atoms with E-state index in [9.17, 15) is 18.0 Å². The molecule has 0 amide bonds. The number of hydrogen-bond acceptors (Lipinski definition) is 5. The maximum atomic E-state index is 12.9. The fourth-order valence-corrected chi connectivity index (χ4v) is 5.99. The van der Waals surface area contributed by atoms with Gasteiger partial charge in [0.2, 0.25) is 10.0 Å². The van der Waals surface area contributed by atoms with Gasteiger partial charge in [0.1, 0.15) is 16.4 Å². The maximum Gasteiger partial charge on any atom is 0.244 e. The van der Waals surface area contributed by atoms with Gasteiger partial charge in [-0.2, -0.15) is 0 Å². The van der Waals surface area contributed by atoms with Crippen LogP contribution < -0.4 is 0 Å². The molecule has 0 radical (unpaired) electrons. The van der Waals surface area contributed by atoms with Crippen LogP contribution in [0.15, 0.2) is 39.7 Å². The van der Waals surface area contributed by atoms with Crippen LogP contribution in [0.4, 0.5) is 0 Å². The Morgan fingerprint density at radius 3 is 1.97 bits per heavy atom. The first-order chi connectivity index (χ1) is 14.1. The van der Waals surface area contributed by atoms with Crippen molar-refractivity contribution < 1.29 is 22.7 Å². The van der Waals surface area contributed by atoms with E-state index in [2.05, 4.69) is 0 Å². The SMILES string of the molecule is CN(C)S(=O)(=O)c1cc(C2C3=C(CCCC3=O)OC3=C2C(=O)CCC3)cc(Cl)c1Cl. The van der Waals surface area contributed by atoms with E-state index >= 15 is 0 Å². The van der Waals surface area contributed by atoms with Crippen LogP contribution in [0.5, 0.6) is 0 Å². The van der Waals surface area contributed by atoms with Gasteiger partial charge in [0.15, 0.2) is 11.6 Å². The van der Waals surface area contributed by atoms with Crippen LogP contribution in [0.1, 0.15) is 50.0 Å². The first-order valence-corrected chi connectivity index (χ1v) is 11.9. The maximum absolute atomic E-state index is 12.9. The predicted molar refractivity (Wildman–Crippen MR) is 113 cm³/mol. The summed E-state index contributed by atoms with van der Waals surface area (Å²) in [5.74, 6) is 0.277. The summed E-state index contributed by atoms with van der Waals surface area (Å²) in [5.41, 5.74) is 1.32. The van der Waals surface area contributed by atoms with Crippen molar-refractivity contribution in [3.8, 4) is 0 Å². The molecule has 0 atom stereocenters. The Balaban J connectivity index is 1.98. The zero-order valence-electron chi connectivity index (χ0n) is 16.6. The minimum absolute atomic E-state index is 0.0527. The summed E-state index contributed by atoms with van der Waals surface area (Å²) < 4.78 is 32.7. The Morgan fingerprint density at radius 2 is 1.47 bits per heavy atom. The van der Waals surface area contributed by atoms with Crippen LogP contribution in [-0.2, 0) is 24.3 Å². The highest BCUT2D eigenvalue weighted by atomic mass is 35.5. The lowest BCUT2D eigenvalue weighted by molar-refractivity contribution is -0.117. The number of ether oxygens (including phenoxy) is 1. The van der Waals surface area contributed by atoms with Gasteiger partial charge in [0, 0.05) is 56.8 Å². The molecule has 160 valence electrons. The van der Waals surface area contributed by atoms with Gasteiger partial charge in [-0.3, -0.25) is 9.59 Å². The summed E-state index contributed by atoms with van der Waals surface area (Å²) in [6.45, 7) is 0. The van der Waals surface area contributed by atoms with E-state index in [0.717, 1.165) is 4.31 Å². The van der Waals surface area contributed by atoms with Crippen molar-refractivity contribution in [2.24, 2.45) is 0 Å². The summed E-state index contributed by atoms with van der Waals surface area (Å²) in [5, 5.41) is -0.0357. The van der Waals surface area contributed by atoms with E-state index in [0.29, 0.717) is 66.8 Å². The number of carbonyl (C=O) groups excluding carboxylic acids is 2. The molecule has 0 bridgehead atoms. The first kappa shape index (κ1) is 21.6. The van der Waals surface area contributed by atoms with Gasteiger partial charge in [0.05, 0.1) is 10.0 Å². The molecule has 0 saturated heterocycles. The fourth-order valence-electron chi connectivity index (χ4n) is 4.29. The highest BCUT2D eigenvalue weighted by molar-refractivity contribution is 7.89. The summed E-state index contributed by atoms with van der Waals surface area (Å²) in [6, 6.07) is 2.98. The van der Waals surface area contributed by atoms with E-state index in [1.54, 1.807) is 6.07 Å². The van der Waals surface area contributed by atoms with Crippen molar-refractivity contribution in [2.45, 2.75) is 49.3 Å². The van der Waals surface area contributed by atoms with E-state index < -0.39 is 15.9 Å². The second-order valence-electron chi connectivity index (χ2n) is 7.86. The zero-order chi connectivity index (χ0) is 21.8. The number of nitrogens with zero attached hydrogens (tertiary/aromatic N) is 1. The number of Topliss-reactive ketones (excluding diaryl/α,β-unsaturated/α-hetero) is 2. The average molecular weight is 470 g/mol. The van der Waals surface area contributed by atoms with E-state index in [1.807, 2.05) is 0 Å². The van der Waals surface area contributed by atoms with Gasteiger partial charge in [-0.05, 0) is 30.5 Å². The molecule has 4 rings (SSSR count). The highest BCUT2D eigenvalue weighted by Gasteiger charge is 2.42. The highest BCUT2D eigenvalue weighted by Crippen LogP contribution is 2.49.